The van der Waals surface area contributed by atoms with Crippen molar-refractivity contribution in [1.82, 2.24) is 5.43 Å². The number of esters is 1. The zero-order valence-corrected chi connectivity index (χ0v) is 15.1. The molecule has 0 saturated heterocycles. The summed E-state index contributed by atoms with van der Waals surface area (Å²) < 4.78 is 10.3. The zero-order chi connectivity index (χ0) is 19.8. The number of carbonyl (C=O) groups excluding carboxylic acids is 1. The number of nitrogens with one attached hydrogen (secondary N) is 1. The molecule has 0 heterocycles. The van der Waals surface area contributed by atoms with E-state index < -0.39 is 10.9 Å². The predicted octanol–water partition coefficient (Wildman–Crippen LogP) is 2.13. The van der Waals surface area contributed by atoms with Gasteiger partial charge in [-0.15, -0.1) is 0 Å². The summed E-state index contributed by atoms with van der Waals surface area (Å²) in [6, 6.07) is 10.9. The van der Waals surface area contributed by atoms with Crippen LogP contribution in [0.4, 0.5) is 5.69 Å². The summed E-state index contributed by atoms with van der Waals surface area (Å²) in [5, 5.41) is 15.1. The minimum absolute atomic E-state index is 0.0528. The smallest absolute Gasteiger partial charge is 0.338 e. The molecule has 9 nitrogen and oxygen atoms in total. The molecule has 0 spiro atoms. The molecule has 140 valence electrons. The Labute approximate surface area is 159 Å². The van der Waals surface area contributed by atoms with Gasteiger partial charge < -0.3 is 15.2 Å². The second kappa shape index (κ2) is 9.25. The van der Waals surface area contributed by atoms with Crippen molar-refractivity contribution >= 4 is 35.2 Å². The molecule has 0 radical (unpaired) electrons. The molecule has 2 aromatic rings. The average Bonchev–Trinajstić information content (AvgIpc) is 2.66. The number of hydrogen-bond donors (Lipinski definition) is 2. The summed E-state index contributed by atoms with van der Waals surface area (Å²) in [5.41, 5.74) is 8.45. The van der Waals surface area contributed by atoms with Crippen LogP contribution in [0.1, 0.15) is 21.5 Å². The van der Waals surface area contributed by atoms with Crippen LogP contribution >= 0.6 is 12.2 Å². The number of carbonyl (C=O) groups is 1. The fourth-order valence-corrected chi connectivity index (χ4v) is 2.23. The highest BCUT2D eigenvalue weighted by Gasteiger charge is 2.22. The van der Waals surface area contributed by atoms with Crippen molar-refractivity contribution in [3.63, 3.8) is 0 Å². The largest absolute Gasteiger partial charge is 0.489 e. The van der Waals surface area contributed by atoms with Gasteiger partial charge in [0.05, 0.1) is 29.4 Å². The number of nitrogens with two attached hydrogens (primary N) is 1. The van der Waals surface area contributed by atoms with E-state index in [1.807, 2.05) is 0 Å². The first-order valence-corrected chi connectivity index (χ1v) is 7.99. The second-order valence-electron chi connectivity index (χ2n) is 5.14. The number of hydrazone groups is 1. The van der Waals surface area contributed by atoms with Crippen LogP contribution in [-0.2, 0) is 11.3 Å². The van der Waals surface area contributed by atoms with Gasteiger partial charge in [0.2, 0.25) is 0 Å². The van der Waals surface area contributed by atoms with Crippen LogP contribution in [0.3, 0.4) is 0 Å². The molecule has 0 atom stereocenters. The van der Waals surface area contributed by atoms with Crippen molar-refractivity contribution in [2.24, 2.45) is 10.8 Å². The number of thiocarbonyl (C=S) groups is 1. The molecule has 2 rings (SSSR count). The van der Waals surface area contributed by atoms with E-state index in [9.17, 15) is 14.9 Å². The van der Waals surface area contributed by atoms with Gasteiger partial charge in [0.25, 0.3) is 5.69 Å². The number of nitrogens with zero attached hydrogens (tertiary/aromatic N) is 2. The molecule has 0 aliphatic rings. The molecule has 0 aliphatic carbocycles. The molecule has 0 bridgehead atoms. The number of hydrogen-bond acceptors (Lipinski definition) is 7. The summed E-state index contributed by atoms with van der Waals surface area (Å²) in [6.45, 7) is -0.169. The minimum atomic E-state index is -0.672. The monoisotopic (exact) mass is 388 g/mol. The van der Waals surface area contributed by atoms with E-state index in [-0.39, 0.29) is 28.5 Å². The average molecular weight is 388 g/mol. The van der Waals surface area contributed by atoms with E-state index in [4.69, 9.17) is 10.5 Å². The predicted molar refractivity (Wildman–Crippen MR) is 103 cm³/mol. The van der Waals surface area contributed by atoms with E-state index in [2.05, 4.69) is 27.5 Å². The summed E-state index contributed by atoms with van der Waals surface area (Å²) in [5.74, 6) is -0.211. The van der Waals surface area contributed by atoms with Crippen molar-refractivity contribution in [3.05, 3.63) is 69.3 Å². The summed E-state index contributed by atoms with van der Waals surface area (Å²) in [6.07, 6.45) is 1.51. The molecule has 0 aromatic heterocycles. The Morgan fingerprint density at radius 1 is 1.33 bits per heavy atom. The second-order valence-corrected chi connectivity index (χ2v) is 5.58. The standard InChI is InChI=1S/C17H16N4O5S/c1-25-16(22)13-3-2-4-15(21(23)24)14(13)10-26-12-7-5-11(6-8-12)9-19-20-17(18)27/h2-9H,10H2,1H3,(H3,18,20,27). The van der Waals surface area contributed by atoms with Crippen LogP contribution < -0.4 is 15.9 Å². The van der Waals surface area contributed by atoms with Gasteiger partial charge in [0, 0.05) is 6.07 Å². The van der Waals surface area contributed by atoms with Gasteiger partial charge >= 0.3 is 5.97 Å². The number of nitro groups is 1. The summed E-state index contributed by atoms with van der Waals surface area (Å²) >= 11 is 4.63. The van der Waals surface area contributed by atoms with Crippen LogP contribution in [-0.4, -0.2) is 29.3 Å². The molecule has 0 aliphatic heterocycles. The molecular weight excluding hydrogens is 372 g/mol. The third kappa shape index (κ3) is 5.47. The van der Waals surface area contributed by atoms with E-state index >= 15 is 0 Å². The maximum atomic E-state index is 11.9. The van der Waals surface area contributed by atoms with Crippen LogP contribution in [0.5, 0.6) is 5.75 Å². The van der Waals surface area contributed by atoms with Crippen molar-refractivity contribution in [1.29, 1.82) is 0 Å². The molecule has 2 aromatic carbocycles. The van der Waals surface area contributed by atoms with E-state index in [0.29, 0.717) is 5.75 Å². The zero-order valence-electron chi connectivity index (χ0n) is 14.2. The SMILES string of the molecule is COC(=O)c1cccc([N+](=O)[O-])c1COc1ccc(C=NNC(N)=S)cc1. The lowest BCUT2D eigenvalue weighted by Crippen LogP contribution is -2.23. The Bertz CT molecular complexity index is 883. The Kier molecular flexibility index (Phi) is 6.78. The van der Waals surface area contributed by atoms with Crippen LogP contribution in [0.25, 0.3) is 0 Å². The Hall–Kier alpha value is -3.53. The molecule has 3 N–H and O–H groups in total. The van der Waals surface area contributed by atoms with Crippen LogP contribution in [0.2, 0.25) is 0 Å². The van der Waals surface area contributed by atoms with Gasteiger partial charge in [0.15, 0.2) is 5.11 Å². The Balaban J connectivity index is 2.16. The Morgan fingerprint density at radius 3 is 2.63 bits per heavy atom. The number of nitro benzene ring substituents is 1. The number of benzene rings is 2. The van der Waals surface area contributed by atoms with E-state index in [0.717, 1.165) is 5.56 Å². The quantitative estimate of drug-likeness (QED) is 0.243. The topological polar surface area (TPSA) is 129 Å². The maximum absolute atomic E-state index is 11.9. The van der Waals surface area contributed by atoms with Gasteiger partial charge in [-0.1, -0.05) is 6.07 Å². The molecule has 0 saturated carbocycles. The fraction of sp³-hybridized carbons (Fsp3) is 0.118. The molecule has 27 heavy (non-hydrogen) atoms. The normalized spacial score (nSPS) is 10.4. The van der Waals surface area contributed by atoms with Crippen molar-refractivity contribution < 1.29 is 19.2 Å². The first kappa shape index (κ1) is 19.8. The van der Waals surface area contributed by atoms with E-state index in [1.165, 1.54) is 31.5 Å². The lowest BCUT2D eigenvalue weighted by atomic mass is 10.1. The van der Waals surface area contributed by atoms with Gasteiger partial charge in [-0.05, 0) is 48.1 Å². The third-order valence-corrected chi connectivity index (χ3v) is 3.50. The fourth-order valence-electron chi connectivity index (χ4n) is 2.17. The van der Waals surface area contributed by atoms with Crippen molar-refractivity contribution in [3.8, 4) is 5.75 Å². The summed E-state index contributed by atoms with van der Waals surface area (Å²) in [4.78, 5) is 22.6. The lowest BCUT2D eigenvalue weighted by Gasteiger charge is -2.10. The Morgan fingerprint density at radius 2 is 2.04 bits per heavy atom. The minimum Gasteiger partial charge on any atom is -0.489 e. The van der Waals surface area contributed by atoms with Gasteiger partial charge in [0.1, 0.15) is 12.4 Å². The van der Waals surface area contributed by atoms with Gasteiger partial charge in [-0.2, -0.15) is 5.10 Å². The molecule has 0 amide bonds. The molecular formula is C17H16N4O5S. The first-order valence-electron chi connectivity index (χ1n) is 7.58. The van der Waals surface area contributed by atoms with Crippen LogP contribution in [0.15, 0.2) is 47.6 Å². The van der Waals surface area contributed by atoms with Crippen molar-refractivity contribution in [2.75, 3.05) is 7.11 Å². The van der Waals surface area contributed by atoms with Crippen LogP contribution in [0, 0.1) is 10.1 Å². The number of ether oxygens (including phenoxy) is 2. The number of methoxy groups -OCH3 is 1. The van der Waals surface area contributed by atoms with Gasteiger partial charge in [-0.3, -0.25) is 15.5 Å². The molecule has 10 heteroatoms. The van der Waals surface area contributed by atoms with Gasteiger partial charge in [-0.25, -0.2) is 4.79 Å². The maximum Gasteiger partial charge on any atom is 0.338 e. The molecule has 0 unspecified atom stereocenters. The number of rotatable bonds is 7. The molecule has 0 fully saturated rings. The highest BCUT2D eigenvalue weighted by Crippen LogP contribution is 2.25. The lowest BCUT2D eigenvalue weighted by molar-refractivity contribution is -0.385. The van der Waals surface area contributed by atoms with Crippen molar-refractivity contribution in [2.45, 2.75) is 6.61 Å². The third-order valence-electron chi connectivity index (χ3n) is 3.40. The van der Waals surface area contributed by atoms with E-state index in [1.54, 1.807) is 24.3 Å². The first-order chi connectivity index (χ1) is 12.9. The highest BCUT2D eigenvalue weighted by atomic mass is 32.1. The highest BCUT2D eigenvalue weighted by molar-refractivity contribution is 7.80. The summed E-state index contributed by atoms with van der Waals surface area (Å²) in [7, 11) is 1.21.